The van der Waals surface area contributed by atoms with Crippen LogP contribution in [0.3, 0.4) is 0 Å². The minimum Gasteiger partial charge on any atom is -0.345 e. The molecule has 74 valence electrons. The van der Waals surface area contributed by atoms with Crippen molar-refractivity contribution in [2.24, 2.45) is 0 Å². The number of hydrogen-bond acceptors (Lipinski definition) is 2. The van der Waals surface area contributed by atoms with Gasteiger partial charge in [-0.25, -0.2) is 9.97 Å². The van der Waals surface area contributed by atoms with E-state index in [0.717, 1.165) is 28.1 Å². The van der Waals surface area contributed by atoms with Gasteiger partial charge in [0, 0.05) is 5.56 Å². The third-order valence-corrected chi connectivity index (χ3v) is 2.43. The number of fused-ring (bicyclic) bond motifs is 1. The minimum atomic E-state index is 0.926. The van der Waals surface area contributed by atoms with E-state index in [2.05, 4.69) is 26.0 Å². The van der Waals surface area contributed by atoms with E-state index in [1.165, 1.54) is 0 Å². The Morgan fingerprint density at radius 3 is 2.93 bits per heavy atom. The quantitative estimate of drug-likeness (QED) is 0.630. The van der Waals surface area contributed by atoms with Crippen molar-refractivity contribution in [2.45, 2.75) is 6.92 Å². The first-order chi connectivity index (χ1) is 7.33. The molecule has 4 heteroatoms. The Hall–Kier alpha value is -2.10. The van der Waals surface area contributed by atoms with E-state index in [-0.39, 0.29) is 0 Å². The van der Waals surface area contributed by atoms with Gasteiger partial charge in [-0.1, -0.05) is 6.07 Å². The largest absolute Gasteiger partial charge is 0.345 e. The van der Waals surface area contributed by atoms with E-state index in [1.54, 1.807) is 6.33 Å². The van der Waals surface area contributed by atoms with Gasteiger partial charge in [-0.2, -0.15) is 0 Å². The van der Waals surface area contributed by atoms with Crippen LogP contribution in [-0.4, -0.2) is 19.9 Å². The van der Waals surface area contributed by atoms with Crippen molar-refractivity contribution in [3.05, 3.63) is 36.5 Å². The van der Waals surface area contributed by atoms with Gasteiger partial charge in [-0.15, -0.1) is 0 Å². The Labute approximate surface area is 86.4 Å². The number of aromatic nitrogens is 4. The fourth-order valence-corrected chi connectivity index (χ4v) is 1.67. The van der Waals surface area contributed by atoms with Crippen molar-refractivity contribution in [2.75, 3.05) is 0 Å². The Morgan fingerprint density at radius 1 is 1.20 bits per heavy atom. The van der Waals surface area contributed by atoms with Gasteiger partial charge in [0.15, 0.2) is 0 Å². The van der Waals surface area contributed by atoms with Gasteiger partial charge < -0.3 is 9.97 Å². The Balaban J connectivity index is 2.18. The van der Waals surface area contributed by atoms with Gasteiger partial charge in [0.2, 0.25) is 0 Å². The van der Waals surface area contributed by atoms with Crippen molar-refractivity contribution in [1.29, 1.82) is 0 Å². The lowest BCUT2D eigenvalue weighted by Crippen LogP contribution is -1.78. The molecule has 1 aromatic carbocycles. The van der Waals surface area contributed by atoms with Gasteiger partial charge in [-0.3, -0.25) is 0 Å². The molecule has 4 nitrogen and oxygen atoms in total. The van der Waals surface area contributed by atoms with E-state index in [4.69, 9.17) is 0 Å². The van der Waals surface area contributed by atoms with Gasteiger partial charge >= 0.3 is 0 Å². The number of aromatic amines is 2. The molecule has 0 atom stereocenters. The molecule has 0 radical (unpaired) electrons. The van der Waals surface area contributed by atoms with Crippen LogP contribution in [0.4, 0.5) is 0 Å². The van der Waals surface area contributed by atoms with E-state index in [1.807, 2.05) is 25.3 Å². The van der Waals surface area contributed by atoms with Crippen LogP contribution in [0.1, 0.15) is 5.82 Å². The maximum absolute atomic E-state index is 4.18. The van der Waals surface area contributed by atoms with Gasteiger partial charge in [0.05, 0.1) is 29.3 Å². The standard InChI is InChI=1S/C11H10N4/c1-7-12-5-11(15-7)8-2-3-9-10(4-8)14-6-13-9/h2-6H,1H3,(H,12,15)(H,13,14). The number of aryl methyl sites for hydroxylation is 1. The Kier molecular flexibility index (Phi) is 1.62. The third-order valence-electron chi connectivity index (χ3n) is 2.43. The first-order valence-electron chi connectivity index (χ1n) is 4.78. The van der Waals surface area contributed by atoms with Crippen LogP contribution in [-0.2, 0) is 0 Å². The van der Waals surface area contributed by atoms with Gasteiger partial charge in [-0.05, 0) is 19.1 Å². The van der Waals surface area contributed by atoms with E-state index >= 15 is 0 Å². The molecule has 0 spiro atoms. The highest BCUT2D eigenvalue weighted by Gasteiger charge is 2.02. The average molecular weight is 198 g/mol. The lowest BCUT2D eigenvalue weighted by Gasteiger charge is -1.96. The number of nitrogens with one attached hydrogen (secondary N) is 2. The molecule has 0 aliphatic rings. The highest BCUT2D eigenvalue weighted by atomic mass is 14.9. The maximum Gasteiger partial charge on any atom is 0.103 e. The summed E-state index contributed by atoms with van der Waals surface area (Å²) in [4.78, 5) is 14.7. The molecule has 2 N–H and O–H groups in total. The van der Waals surface area contributed by atoms with Crippen molar-refractivity contribution >= 4 is 11.0 Å². The molecule has 2 heterocycles. The fraction of sp³-hybridized carbons (Fsp3) is 0.0909. The number of nitrogens with zero attached hydrogens (tertiary/aromatic N) is 2. The molecule has 0 saturated heterocycles. The summed E-state index contributed by atoms with van der Waals surface area (Å²) in [6, 6.07) is 6.10. The molecule has 2 aromatic heterocycles. The second-order valence-electron chi connectivity index (χ2n) is 3.52. The van der Waals surface area contributed by atoms with Crippen LogP contribution in [0, 0.1) is 6.92 Å². The highest BCUT2D eigenvalue weighted by molar-refractivity contribution is 5.80. The van der Waals surface area contributed by atoms with Crippen LogP contribution in [0.15, 0.2) is 30.7 Å². The van der Waals surface area contributed by atoms with Crippen LogP contribution < -0.4 is 0 Å². The summed E-state index contributed by atoms with van der Waals surface area (Å²) in [7, 11) is 0. The van der Waals surface area contributed by atoms with Crippen molar-refractivity contribution < 1.29 is 0 Å². The fourth-order valence-electron chi connectivity index (χ4n) is 1.67. The number of hydrogen-bond donors (Lipinski definition) is 2. The number of benzene rings is 1. The minimum absolute atomic E-state index is 0.926. The third kappa shape index (κ3) is 1.30. The number of imidazole rings is 2. The van der Waals surface area contributed by atoms with Crippen LogP contribution in [0.25, 0.3) is 22.3 Å². The summed E-state index contributed by atoms with van der Waals surface area (Å²) in [6.07, 6.45) is 3.54. The summed E-state index contributed by atoms with van der Waals surface area (Å²) in [5.41, 5.74) is 4.17. The molecule has 3 aromatic rings. The Morgan fingerprint density at radius 2 is 2.13 bits per heavy atom. The zero-order chi connectivity index (χ0) is 10.3. The van der Waals surface area contributed by atoms with Crippen molar-refractivity contribution in [3.8, 4) is 11.3 Å². The topological polar surface area (TPSA) is 57.4 Å². The molecule has 0 saturated carbocycles. The summed E-state index contributed by atoms with van der Waals surface area (Å²) in [5.74, 6) is 0.926. The van der Waals surface area contributed by atoms with E-state index < -0.39 is 0 Å². The van der Waals surface area contributed by atoms with Crippen LogP contribution in [0.5, 0.6) is 0 Å². The first-order valence-corrected chi connectivity index (χ1v) is 4.78. The van der Waals surface area contributed by atoms with E-state index in [0.29, 0.717) is 0 Å². The zero-order valence-electron chi connectivity index (χ0n) is 8.28. The molecule has 0 bridgehead atoms. The molecular formula is C11H10N4. The summed E-state index contributed by atoms with van der Waals surface area (Å²) < 4.78 is 0. The van der Waals surface area contributed by atoms with Gasteiger partial charge in [0.1, 0.15) is 5.82 Å². The molecule has 0 fully saturated rings. The lowest BCUT2D eigenvalue weighted by atomic mass is 10.1. The molecule has 3 rings (SSSR count). The van der Waals surface area contributed by atoms with Gasteiger partial charge in [0.25, 0.3) is 0 Å². The van der Waals surface area contributed by atoms with E-state index in [9.17, 15) is 0 Å². The smallest absolute Gasteiger partial charge is 0.103 e. The summed E-state index contributed by atoms with van der Waals surface area (Å²) >= 11 is 0. The summed E-state index contributed by atoms with van der Waals surface area (Å²) in [6.45, 7) is 1.94. The van der Waals surface area contributed by atoms with Crippen LogP contribution in [0.2, 0.25) is 0 Å². The zero-order valence-corrected chi connectivity index (χ0v) is 8.28. The molecule has 0 amide bonds. The lowest BCUT2D eigenvalue weighted by molar-refractivity contribution is 1.15. The van der Waals surface area contributed by atoms with Crippen molar-refractivity contribution in [1.82, 2.24) is 19.9 Å². The second kappa shape index (κ2) is 2.95. The second-order valence-corrected chi connectivity index (χ2v) is 3.52. The highest BCUT2D eigenvalue weighted by Crippen LogP contribution is 2.20. The normalized spacial score (nSPS) is 11.0. The molecule has 0 aliphatic heterocycles. The van der Waals surface area contributed by atoms with Crippen molar-refractivity contribution in [3.63, 3.8) is 0 Å². The number of H-pyrrole nitrogens is 2. The molecule has 0 unspecified atom stereocenters. The predicted molar refractivity (Wildman–Crippen MR) is 58.4 cm³/mol. The SMILES string of the molecule is Cc1ncc(-c2ccc3nc[nH]c3c2)[nH]1. The monoisotopic (exact) mass is 198 g/mol. The first kappa shape index (κ1) is 8.23. The molecule has 15 heavy (non-hydrogen) atoms. The average Bonchev–Trinajstić information content (AvgIpc) is 2.84. The van der Waals surface area contributed by atoms with Crippen LogP contribution >= 0.6 is 0 Å². The maximum atomic E-state index is 4.18. The molecular weight excluding hydrogens is 188 g/mol. The Bertz CT molecular complexity index is 606. The predicted octanol–water partition coefficient (Wildman–Crippen LogP) is 2.26. The summed E-state index contributed by atoms with van der Waals surface area (Å²) in [5, 5.41) is 0. The number of rotatable bonds is 1. The molecule has 0 aliphatic carbocycles.